The molecule has 5 aliphatic rings. The van der Waals surface area contributed by atoms with Crippen LogP contribution in [0.15, 0.2) is 16.8 Å². The average Bonchev–Trinajstić information content (AvgIpc) is 3.60. The fourth-order valence-corrected chi connectivity index (χ4v) is 9.96. The highest BCUT2D eigenvalue weighted by Crippen LogP contribution is 2.66. The van der Waals surface area contributed by atoms with Crippen LogP contribution in [0.5, 0.6) is 0 Å². The van der Waals surface area contributed by atoms with Crippen LogP contribution in [0.3, 0.4) is 0 Å². The molecular weight excluding hydrogens is 554 g/mol. The topological polar surface area (TPSA) is 94.5 Å². The maximum Gasteiger partial charge on any atom is 0.436 e. The first-order valence-corrected chi connectivity index (χ1v) is 17.2. The first-order chi connectivity index (χ1) is 20.8. The van der Waals surface area contributed by atoms with Crippen molar-refractivity contribution in [3.63, 3.8) is 0 Å². The minimum absolute atomic E-state index is 0.113. The van der Waals surface area contributed by atoms with E-state index in [1.807, 2.05) is 20.2 Å². The molecule has 1 aliphatic heterocycles. The second-order valence-electron chi connectivity index (χ2n) is 15.5. The molecule has 0 spiro atoms. The standard InChI is InChI=1S/C35H57N5O4/c1-23(37-44-33(43)40(21-20-38(4)5)19-16-25-9-13-31(36-25)32(42)39(6)7)28-11-12-29-27-10-8-24-22-26(41)14-17-34(24,2)30(27)15-18-35(28,29)3/h22,25,27-31,36H,8-21H2,1-7H3/b37-23+/t25?,27-,28+,29-,30-,31?,34-,35+/m0/s1. The largest absolute Gasteiger partial charge is 0.436 e. The van der Waals surface area contributed by atoms with E-state index in [0.717, 1.165) is 50.8 Å². The van der Waals surface area contributed by atoms with Gasteiger partial charge in [0.05, 0.1) is 11.8 Å². The van der Waals surface area contributed by atoms with Gasteiger partial charge in [0.2, 0.25) is 5.91 Å². The normalized spacial score (nSPS) is 36.8. The van der Waals surface area contributed by atoms with Crippen molar-refractivity contribution in [2.75, 3.05) is 47.8 Å². The van der Waals surface area contributed by atoms with Gasteiger partial charge < -0.3 is 20.0 Å². The number of amides is 2. The molecule has 0 aromatic carbocycles. The molecule has 0 aromatic rings. The van der Waals surface area contributed by atoms with Gasteiger partial charge in [-0.3, -0.25) is 14.4 Å². The van der Waals surface area contributed by atoms with Crippen molar-refractivity contribution in [1.82, 2.24) is 20.0 Å². The maximum atomic E-state index is 13.4. The summed E-state index contributed by atoms with van der Waals surface area (Å²) in [5.74, 6) is 2.77. The molecule has 9 heteroatoms. The molecule has 1 heterocycles. The van der Waals surface area contributed by atoms with Crippen molar-refractivity contribution in [2.45, 2.75) is 103 Å². The second kappa shape index (κ2) is 13.2. The van der Waals surface area contributed by atoms with Crippen LogP contribution in [0.2, 0.25) is 0 Å². The molecule has 0 bridgehead atoms. The van der Waals surface area contributed by atoms with E-state index in [9.17, 15) is 14.4 Å². The number of nitrogens with zero attached hydrogens (tertiary/aromatic N) is 4. The number of hydrogen-bond donors (Lipinski definition) is 1. The van der Waals surface area contributed by atoms with Crippen LogP contribution in [-0.2, 0) is 14.4 Å². The van der Waals surface area contributed by atoms with Gasteiger partial charge in [0.1, 0.15) is 0 Å². The molecule has 3 saturated carbocycles. The highest BCUT2D eigenvalue weighted by atomic mass is 16.7. The Labute approximate surface area is 265 Å². The Hall–Kier alpha value is -2.26. The molecule has 2 unspecified atom stereocenters. The Balaban J connectivity index is 1.20. The zero-order valence-electron chi connectivity index (χ0n) is 28.4. The van der Waals surface area contributed by atoms with Crippen molar-refractivity contribution >= 4 is 23.5 Å². The first kappa shape index (κ1) is 33.1. The molecular formula is C35H57N5O4. The molecule has 0 aromatic heterocycles. The monoisotopic (exact) mass is 611 g/mol. The number of oxime groups is 1. The van der Waals surface area contributed by atoms with Crippen LogP contribution in [0.25, 0.3) is 0 Å². The van der Waals surface area contributed by atoms with Crippen molar-refractivity contribution in [2.24, 2.45) is 39.7 Å². The molecule has 9 nitrogen and oxygen atoms in total. The Bertz CT molecular complexity index is 1170. The smallest absolute Gasteiger partial charge is 0.347 e. The highest BCUT2D eigenvalue weighted by molar-refractivity contribution is 5.91. The number of likely N-dealkylation sites (N-methyl/N-ethyl adjacent to an activating group) is 2. The van der Waals surface area contributed by atoms with Crippen LogP contribution in [0, 0.1) is 34.5 Å². The second-order valence-corrected chi connectivity index (χ2v) is 15.5. The minimum atomic E-state index is -0.389. The summed E-state index contributed by atoms with van der Waals surface area (Å²) in [6.07, 6.45) is 12.8. The van der Waals surface area contributed by atoms with Crippen molar-refractivity contribution in [3.8, 4) is 0 Å². The van der Waals surface area contributed by atoms with Crippen LogP contribution >= 0.6 is 0 Å². The summed E-state index contributed by atoms with van der Waals surface area (Å²) in [6.45, 7) is 8.84. The quantitative estimate of drug-likeness (QED) is 0.221. The summed E-state index contributed by atoms with van der Waals surface area (Å²) in [5.41, 5.74) is 2.72. The van der Waals surface area contributed by atoms with E-state index in [-0.39, 0.29) is 34.9 Å². The van der Waals surface area contributed by atoms with Crippen molar-refractivity contribution in [3.05, 3.63) is 11.6 Å². The molecule has 4 aliphatic carbocycles. The van der Waals surface area contributed by atoms with E-state index in [1.165, 1.54) is 31.3 Å². The predicted octanol–water partition coefficient (Wildman–Crippen LogP) is 5.11. The fourth-order valence-electron chi connectivity index (χ4n) is 9.96. The van der Waals surface area contributed by atoms with Crippen molar-refractivity contribution < 1.29 is 19.2 Å². The van der Waals surface area contributed by atoms with Gasteiger partial charge in [0.15, 0.2) is 5.78 Å². The fraction of sp³-hybridized carbons (Fsp3) is 0.829. The summed E-state index contributed by atoms with van der Waals surface area (Å²) in [6, 6.07) is 0.0648. The Morgan fingerprint density at radius 2 is 1.73 bits per heavy atom. The molecule has 1 N–H and O–H groups in total. The number of nitrogens with one attached hydrogen (secondary N) is 1. The molecule has 5 rings (SSSR count). The van der Waals surface area contributed by atoms with Crippen LogP contribution in [0.1, 0.15) is 91.4 Å². The lowest BCUT2D eigenvalue weighted by atomic mass is 9.46. The maximum absolute atomic E-state index is 13.4. The summed E-state index contributed by atoms with van der Waals surface area (Å²) in [5, 5.41) is 7.98. The third-order valence-corrected chi connectivity index (χ3v) is 12.5. The van der Waals surface area contributed by atoms with Crippen LogP contribution < -0.4 is 5.32 Å². The highest BCUT2D eigenvalue weighted by Gasteiger charge is 2.59. The Kier molecular flexibility index (Phi) is 9.96. The van der Waals surface area contributed by atoms with E-state index in [4.69, 9.17) is 4.84 Å². The number of fused-ring (bicyclic) bond motifs is 5. The lowest BCUT2D eigenvalue weighted by molar-refractivity contribution is -0.130. The van der Waals surface area contributed by atoms with Gasteiger partial charge in [0.25, 0.3) is 0 Å². The molecule has 4 fully saturated rings. The molecule has 246 valence electrons. The number of allylic oxidation sites excluding steroid dienone is 1. The molecule has 44 heavy (non-hydrogen) atoms. The van der Waals surface area contributed by atoms with Gasteiger partial charge in [-0.15, -0.1) is 0 Å². The molecule has 1 saturated heterocycles. The third-order valence-electron chi connectivity index (χ3n) is 12.5. The van der Waals surface area contributed by atoms with E-state index in [0.29, 0.717) is 49.0 Å². The summed E-state index contributed by atoms with van der Waals surface area (Å²) < 4.78 is 0. The first-order valence-electron chi connectivity index (χ1n) is 17.2. The average molecular weight is 612 g/mol. The van der Waals surface area contributed by atoms with E-state index in [1.54, 1.807) is 23.9 Å². The van der Waals surface area contributed by atoms with E-state index in [2.05, 4.69) is 36.1 Å². The number of carbonyl (C=O) groups is 3. The summed E-state index contributed by atoms with van der Waals surface area (Å²) >= 11 is 0. The lowest BCUT2D eigenvalue weighted by Gasteiger charge is -2.58. The number of hydrogen-bond acceptors (Lipinski definition) is 7. The molecule has 8 atom stereocenters. The van der Waals surface area contributed by atoms with Gasteiger partial charge in [-0.05, 0) is 120 Å². The minimum Gasteiger partial charge on any atom is -0.347 e. The zero-order chi connectivity index (χ0) is 31.8. The van der Waals surface area contributed by atoms with E-state index < -0.39 is 0 Å². The lowest BCUT2D eigenvalue weighted by Crippen LogP contribution is -2.51. The summed E-state index contributed by atoms with van der Waals surface area (Å²) in [4.78, 5) is 49.1. The predicted molar refractivity (Wildman–Crippen MR) is 173 cm³/mol. The summed E-state index contributed by atoms with van der Waals surface area (Å²) in [7, 11) is 7.59. The molecule has 0 radical (unpaired) electrons. The Morgan fingerprint density at radius 1 is 0.955 bits per heavy atom. The van der Waals surface area contributed by atoms with Crippen LogP contribution in [0.4, 0.5) is 4.79 Å². The van der Waals surface area contributed by atoms with Gasteiger partial charge in [-0.2, -0.15) is 0 Å². The number of carbonyl (C=O) groups excluding carboxylic acids is 3. The Morgan fingerprint density at radius 3 is 2.45 bits per heavy atom. The van der Waals surface area contributed by atoms with Crippen molar-refractivity contribution in [1.29, 1.82) is 0 Å². The van der Waals surface area contributed by atoms with E-state index >= 15 is 0 Å². The number of rotatable bonds is 9. The van der Waals surface area contributed by atoms with Gasteiger partial charge in [-0.1, -0.05) is 24.6 Å². The van der Waals surface area contributed by atoms with Gasteiger partial charge in [-0.25, -0.2) is 4.79 Å². The van der Waals surface area contributed by atoms with Crippen LogP contribution in [-0.4, -0.2) is 98.1 Å². The third kappa shape index (κ3) is 6.51. The molecule has 2 amide bonds. The SMILES string of the molecule is C/C(=N\OC(=O)N(CCC1CCC(C(=O)N(C)C)N1)CCN(C)C)[C@H]1CC[C@H]2[C@@H]3CCC4=CC(=O)CC[C@]4(C)[C@H]3CC[C@]12C. The van der Waals surface area contributed by atoms with Gasteiger partial charge in [0, 0.05) is 52.1 Å². The number of ketones is 1. The van der Waals surface area contributed by atoms with Gasteiger partial charge >= 0.3 is 6.09 Å². The zero-order valence-corrected chi connectivity index (χ0v) is 28.4.